The Balaban J connectivity index is 1.88. The second-order valence-corrected chi connectivity index (χ2v) is 6.98. The van der Waals surface area contributed by atoms with Gasteiger partial charge in [0.05, 0.1) is 18.7 Å². The zero-order valence-electron chi connectivity index (χ0n) is 15.7. The van der Waals surface area contributed by atoms with Crippen LogP contribution in [0.15, 0.2) is 36.4 Å². The summed E-state index contributed by atoms with van der Waals surface area (Å²) in [4.78, 5) is 37.4. The Bertz CT molecular complexity index is 684. The molecule has 6 heteroatoms. The molecule has 1 aliphatic rings. The van der Waals surface area contributed by atoms with Crippen LogP contribution >= 0.6 is 11.6 Å². The number of amides is 1. The Morgan fingerprint density at radius 1 is 1.26 bits per heavy atom. The normalized spacial score (nSPS) is 16.9. The number of alkyl halides is 1. The number of unbranched alkanes of at least 4 members (excludes halogenated alkanes) is 1. The van der Waals surface area contributed by atoms with Gasteiger partial charge < -0.3 is 9.64 Å². The van der Waals surface area contributed by atoms with E-state index in [0.29, 0.717) is 37.3 Å². The first-order chi connectivity index (χ1) is 13.0. The Labute approximate surface area is 165 Å². The van der Waals surface area contributed by atoms with Crippen molar-refractivity contribution in [2.24, 2.45) is 0 Å². The van der Waals surface area contributed by atoms with E-state index in [2.05, 4.69) is 4.74 Å². The topological polar surface area (TPSA) is 63.7 Å². The molecule has 1 heterocycles. The molecule has 2 rings (SSSR count). The number of hydrogen-bond donors (Lipinski definition) is 0. The van der Waals surface area contributed by atoms with E-state index in [4.69, 9.17) is 11.6 Å². The minimum Gasteiger partial charge on any atom is -0.465 e. The average molecular weight is 392 g/mol. The van der Waals surface area contributed by atoms with Gasteiger partial charge in [0.15, 0.2) is 5.78 Å². The predicted octanol–water partition coefficient (Wildman–Crippen LogP) is 3.54. The average Bonchev–Trinajstić information content (AvgIpc) is 3.04. The molecule has 1 aromatic carbocycles. The molecule has 0 bridgehead atoms. The van der Waals surface area contributed by atoms with Gasteiger partial charge in [0.2, 0.25) is 5.91 Å². The third kappa shape index (κ3) is 6.51. The number of ether oxygens (including phenoxy) is 1. The summed E-state index contributed by atoms with van der Waals surface area (Å²) in [6.07, 6.45) is 7.54. The Morgan fingerprint density at radius 3 is 2.67 bits per heavy atom. The maximum Gasteiger partial charge on any atom is 0.337 e. The van der Waals surface area contributed by atoms with Crippen molar-refractivity contribution in [3.8, 4) is 0 Å². The number of halogens is 1. The van der Waals surface area contributed by atoms with Crippen molar-refractivity contribution < 1.29 is 19.1 Å². The van der Waals surface area contributed by atoms with E-state index in [9.17, 15) is 14.4 Å². The highest BCUT2D eigenvalue weighted by atomic mass is 35.5. The van der Waals surface area contributed by atoms with Crippen molar-refractivity contribution >= 4 is 29.3 Å². The Morgan fingerprint density at radius 2 is 2.00 bits per heavy atom. The van der Waals surface area contributed by atoms with E-state index in [1.165, 1.54) is 7.11 Å². The fraction of sp³-hybridized carbons (Fsp3) is 0.476. The Hall–Kier alpha value is -2.14. The highest BCUT2D eigenvalue weighted by molar-refractivity contribution is 6.17. The van der Waals surface area contributed by atoms with Crippen LogP contribution < -0.4 is 0 Å². The third-order valence-electron chi connectivity index (χ3n) is 4.70. The van der Waals surface area contributed by atoms with Gasteiger partial charge in [0.1, 0.15) is 0 Å². The number of nitrogens with zero attached hydrogens (tertiary/aromatic N) is 1. The van der Waals surface area contributed by atoms with Gasteiger partial charge in [0, 0.05) is 25.3 Å². The summed E-state index contributed by atoms with van der Waals surface area (Å²) in [5.74, 6) is 0.406. The monoisotopic (exact) mass is 391 g/mol. The molecule has 1 atom stereocenters. The van der Waals surface area contributed by atoms with Crippen LogP contribution in [-0.2, 0) is 20.7 Å². The van der Waals surface area contributed by atoms with Crippen molar-refractivity contribution in [1.82, 2.24) is 4.90 Å². The number of allylic oxidation sites excluding steroid dienone is 1. The van der Waals surface area contributed by atoms with Crippen molar-refractivity contribution in [3.63, 3.8) is 0 Å². The summed E-state index contributed by atoms with van der Waals surface area (Å²) >= 11 is 5.62. The fourth-order valence-electron chi connectivity index (χ4n) is 3.12. The predicted molar refractivity (Wildman–Crippen MR) is 105 cm³/mol. The lowest BCUT2D eigenvalue weighted by atomic mass is 10.1. The number of methoxy groups -OCH3 is 1. The fourth-order valence-corrected chi connectivity index (χ4v) is 3.31. The molecular formula is C21H26ClNO4. The molecule has 1 aliphatic heterocycles. The molecule has 146 valence electrons. The first-order valence-electron chi connectivity index (χ1n) is 9.29. The highest BCUT2D eigenvalue weighted by Gasteiger charge is 2.28. The minimum atomic E-state index is -0.364. The van der Waals surface area contributed by atoms with Crippen LogP contribution in [0.1, 0.15) is 48.0 Å². The van der Waals surface area contributed by atoms with E-state index in [1.807, 2.05) is 23.1 Å². The highest BCUT2D eigenvalue weighted by Crippen LogP contribution is 2.21. The number of benzene rings is 1. The molecule has 1 saturated heterocycles. The number of hydrogen-bond acceptors (Lipinski definition) is 4. The summed E-state index contributed by atoms with van der Waals surface area (Å²) in [5, 5.41) is 0. The number of rotatable bonds is 10. The number of carbonyl (C=O) groups is 3. The molecule has 0 saturated carbocycles. The molecule has 0 aliphatic carbocycles. The van der Waals surface area contributed by atoms with Gasteiger partial charge in [-0.05, 0) is 49.5 Å². The molecule has 1 aromatic rings. The number of carbonyl (C=O) groups excluding carboxylic acids is 3. The first-order valence-corrected chi connectivity index (χ1v) is 9.82. The smallest absolute Gasteiger partial charge is 0.337 e. The number of ketones is 1. The largest absolute Gasteiger partial charge is 0.465 e. The first kappa shape index (κ1) is 21.2. The van der Waals surface area contributed by atoms with Crippen LogP contribution in [0.2, 0.25) is 0 Å². The van der Waals surface area contributed by atoms with Gasteiger partial charge in [-0.15, -0.1) is 11.6 Å². The van der Waals surface area contributed by atoms with Gasteiger partial charge in [-0.3, -0.25) is 9.59 Å². The summed E-state index contributed by atoms with van der Waals surface area (Å²) in [7, 11) is 1.35. The maximum atomic E-state index is 12.2. The zero-order valence-corrected chi connectivity index (χ0v) is 16.4. The second-order valence-electron chi connectivity index (χ2n) is 6.60. The van der Waals surface area contributed by atoms with E-state index < -0.39 is 0 Å². The van der Waals surface area contributed by atoms with Crippen LogP contribution in [0.25, 0.3) is 0 Å². The quantitative estimate of drug-likeness (QED) is 0.265. The SMILES string of the molecule is COC(=O)c1ccc(CCN2C(=O)CC[C@@H]2/C=C/C(=O)CCCCCl)cc1. The summed E-state index contributed by atoms with van der Waals surface area (Å²) in [5.41, 5.74) is 1.55. The lowest BCUT2D eigenvalue weighted by Gasteiger charge is -2.22. The molecule has 0 unspecified atom stereocenters. The van der Waals surface area contributed by atoms with E-state index in [1.54, 1.807) is 18.2 Å². The molecular weight excluding hydrogens is 366 g/mol. The lowest BCUT2D eigenvalue weighted by Crippen LogP contribution is -2.33. The van der Waals surface area contributed by atoms with Gasteiger partial charge in [-0.25, -0.2) is 4.79 Å². The molecule has 1 fully saturated rings. The van der Waals surface area contributed by atoms with Crippen LogP contribution in [0.5, 0.6) is 0 Å². The van der Waals surface area contributed by atoms with Gasteiger partial charge in [-0.2, -0.15) is 0 Å². The second kappa shape index (κ2) is 10.9. The van der Waals surface area contributed by atoms with Crippen molar-refractivity contribution in [3.05, 3.63) is 47.5 Å². The third-order valence-corrected chi connectivity index (χ3v) is 4.97. The Kier molecular flexibility index (Phi) is 8.52. The van der Waals surface area contributed by atoms with Crippen molar-refractivity contribution in [1.29, 1.82) is 0 Å². The van der Waals surface area contributed by atoms with Crippen LogP contribution in [-0.4, -0.2) is 48.1 Å². The molecule has 0 N–H and O–H groups in total. The summed E-state index contributed by atoms with van der Waals surface area (Å²) in [6.45, 7) is 0.589. The molecule has 0 aromatic heterocycles. The van der Waals surface area contributed by atoms with Crippen molar-refractivity contribution in [2.45, 2.75) is 44.6 Å². The summed E-state index contributed by atoms with van der Waals surface area (Å²) in [6, 6.07) is 7.17. The lowest BCUT2D eigenvalue weighted by molar-refractivity contribution is -0.128. The van der Waals surface area contributed by atoms with E-state index in [-0.39, 0.29) is 23.7 Å². The molecule has 27 heavy (non-hydrogen) atoms. The van der Waals surface area contributed by atoms with Gasteiger partial charge in [-0.1, -0.05) is 18.2 Å². The van der Waals surface area contributed by atoms with Crippen LogP contribution in [0, 0.1) is 0 Å². The van der Waals surface area contributed by atoms with E-state index >= 15 is 0 Å². The summed E-state index contributed by atoms with van der Waals surface area (Å²) < 4.78 is 4.69. The molecule has 5 nitrogen and oxygen atoms in total. The van der Waals surface area contributed by atoms with E-state index in [0.717, 1.165) is 24.8 Å². The van der Waals surface area contributed by atoms with Crippen LogP contribution in [0.3, 0.4) is 0 Å². The molecule has 0 spiro atoms. The number of likely N-dealkylation sites (tertiary alicyclic amines) is 1. The van der Waals surface area contributed by atoms with Gasteiger partial charge in [0.25, 0.3) is 0 Å². The minimum absolute atomic E-state index is 0.0242. The molecule has 0 radical (unpaired) electrons. The number of esters is 1. The zero-order chi connectivity index (χ0) is 19.6. The maximum absolute atomic E-state index is 12.2. The standard InChI is InChI=1S/C21H26ClNO4/c1-27-21(26)17-7-5-16(6-8-17)13-15-23-18(10-12-20(23)25)9-11-19(24)4-2-3-14-22/h5-9,11,18H,2-4,10,12-15H2,1H3/b11-9+/t18-/m0/s1. The molecule has 1 amide bonds. The van der Waals surface area contributed by atoms with Crippen LogP contribution in [0.4, 0.5) is 0 Å². The van der Waals surface area contributed by atoms with Crippen molar-refractivity contribution in [2.75, 3.05) is 19.5 Å². The van der Waals surface area contributed by atoms with Gasteiger partial charge >= 0.3 is 5.97 Å².